The Morgan fingerprint density at radius 3 is 2.79 bits per heavy atom. The molecule has 0 radical (unpaired) electrons. The average Bonchev–Trinajstić information content (AvgIpc) is 3.29. The van der Waals surface area contributed by atoms with Gasteiger partial charge >= 0.3 is 5.97 Å². The standard InChI is InChI=1S/C24H33NO3S/c1-3-24(15-6-16-24)22(26)10-5-9-19-17(11-13-20(19)25-2)7-4-8-18-12-14-21(29-18)23(27)28/h5,9,12,14,17,19-20,22,26H,3-4,6-8,10-11,13,15-16H2,1H3,(H,27,28)/t17-,19?,20+,22?/m0/s1. The summed E-state index contributed by atoms with van der Waals surface area (Å²) in [4.78, 5) is 16.4. The van der Waals surface area contributed by atoms with E-state index in [1.807, 2.05) is 6.07 Å². The first-order valence-electron chi connectivity index (χ1n) is 11.0. The van der Waals surface area contributed by atoms with Gasteiger partial charge in [-0.25, -0.2) is 11.4 Å². The molecule has 29 heavy (non-hydrogen) atoms. The third-order valence-corrected chi connectivity index (χ3v) is 8.47. The summed E-state index contributed by atoms with van der Waals surface area (Å²) in [5.74, 6) is -0.0436. The van der Waals surface area contributed by atoms with Crippen LogP contribution in [0.5, 0.6) is 0 Å². The summed E-state index contributed by atoms with van der Waals surface area (Å²) in [6.45, 7) is 9.73. The van der Waals surface area contributed by atoms with Crippen molar-refractivity contribution in [1.82, 2.24) is 0 Å². The van der Waals surface area contributed by atoms with Gasteiger partial charge in [-0.1, -0.05) is 25.5 Å². The van der Waals surface area contributed by atoms with Crippen molar-refractivity contribution in [1.29, 1.82) is 0 Å². The molecule has 2 unspecified atom stereocenters. The minimum Gasteiger partial charge on any atom is -0.477 e. The van der Waals surface area contributed by atoms with E-state index in [4.69, 9.17) is 11.7 Å². The second kappa shape index (κ2) is 9.91. The maximum atomic E-state index is 11.0. The average molecular weight is 416 g/mol. The van der Waals surface area contributed by atoms with Crippen molar-refractivity contribution < 1.29 is 15.0 Å². The summed E-state index contributed by atoms with van der Waals surface area (Å²) in [6, 6.07) is 3.68. The van der Waals surface area contributed by atoms with E-state index in [0.717, 1.165) is 56.2 Å². The molecule has 3 rings (SSSR count). The Morgan fingerprint density at radius 1 is 1.41 bits per heavy atom. The van der Waals surface area contributed by atoms with Gasteiger partial charge in [0.1, 0.15) is 4.88 Å². The van der Waals surface area contributed by atoms with E-state index in [0.29, 0.717) is 17.2 Å². The lowest BCUT2D eigenvalue weighted by molar-refractivity contribution is -0.0355. The lowest BCUT2D eigenvalue weighted by Gasteiger charge is -2.45. The van der Waals surface area contributed by atoms with Gasteiger partial charge in [0, 0.05) is 11.3 Å². The number of aryl methyl sites for hydroxylation is 1. The Morgan fingerprint density at radius 2 is 2.21 bits per heavy atom. The van der Waals surface area contributed by atoms with E-state index >= 15 is 0 Å². The van der Waals surface area contributed by atoms with Crippen LogP contribution in [0.25, 0.3) is 4.85 Å². The topological polar surface area (TPSA) is 61.9 Å². The maximum Gasteiger partial charge on any atom is 0.345 e. The van der Waals surface area contributed by atoms with Crippen LogP contribution >= 0.6 is 11.3 Å². The molecular formula is C24H33NO3S. The highest BCUT2D eigenvalue weighted by atomic mass is 32.1. The number of carbonyl (C=O) groups is 1. The molecule has 1 aromatic rings. The van der Waals surface area contributed by atoms with Gasteiger partial charge in [0.2, 0.25) is 6.04 Å². The highest BCUT2D eigenvalue weighted by Crippen LogP contribution is 2.48. The van der Waals surface area contributed by atoms with Crippen LogP contribution in [0.3, 0.4) is 0 Å². The van der Waals surface area contributed by atoms with Crippen molar-refractivity contribution >= 4 is 17.3 Å². The molecule has 0 amide bonds. The number of hydrogen-bond donors (Lipinski definition) is 2. The molecule has 2 N–H and O–H groups in total. The number of aliphatic hydroxyl groups is 1. The van der Waals surface area contributed by atoms with Gasteiger partial charge in [-0.05, 0) is 74.8 Å². The summed E-state index contributed by atoms with van der Waals surface area (Å²) >= 11 is 1.37. The van der Waals surface area contributed by atoms with Crippen LogP contribution in [-0.2, 0) is 6.42 Å². The summed E-state index contributed by atoms with van der Waals surface area (Å²) in [5.41, 5.74) is 0.133. The lowest BCUT2D eigenvalue weighted by Crippen LogP contribution is -2.40. The molecule has 2 saturated carbocycles. The minimum atomic E-state index is -0.851. The van der Waals surface area contributed by atoms with Gasteiger partial charge in [-0.3, -0.25) is 0 Å². The molecule has 0 bridgehead atoms. The van der Waals surface area contributed by atoms with Gasteiger partial charge < -0.3 is 15.1 Å². The fourth-order valence-electron chi connectivity index (χ4n) is 5.19. The zero-order chi connectivity index (χ0) is 20.9. The van der Waals surface area contributed by atoms with E-state index in [1.165, 1.54) is 17.8 Å². The van der Waals surface area contributed by atoms with Crippen molar-refractivity contribution in [2.24, 2.45) is 17.3 Å². The maximum absolute atomic E-state index is 11.0. The second-order valence-electron chi connectivity index (χ2n) is 8.82. The number of aliphatic hydroxyl groups excluding tert-OH is 1. The number of nitrogens with zero attached hydrogens (tertiary/aromatic N) is 1. The van der Waals surface area contributed by atoms with Crippen LogP contribution in [0.1, 0.15) is 79.3 Å². The smallest absolute Gasteiger partial charge is 0.345 e. The first-order valence-corrected chi connectivity index (χ1v) is 11.8. The molecule has 2 aliphatic rings. The largest absolute Gasteiger partial charge is 0.477 e. The molecule has 0 spiro atoms. The second-order valence-corrected chi connectivity index (χ2v) is 9.99. The van der Waals surface area contributed by atoms with Crippen LogP contribution in [0.15, 0.2) is 24.3 Å². The highest BCUT2D eigenvalue weighted by Gasteiger charge is 2.41. The predicted molar refractivity (Wildman–Crippen MR) is 117 cm³/mol. The van der Waals surface area contributed by atoms with Crippen LogP contribution < -0.4 is 0 Å². The van der Waals surface area contributed by atoms with Gasteiger partial charge in [0.05, 0.1) is 12.0 Å². The molecule has 0 saturated heterocycles. The van der Waals surface area contributed by atoms with Crippen molar-refractivity contribution in [3.05, 3.63) is 45.5 Å². The monoisotopic (exact) mass is 415 g/mol. The summed E-state index contributed by atoms with van der Waals surface area (Å²) < 4.78 is 0. The van der Waals surface area contributed by atoms with Gasteiger partial charge in [0.25, 0.3) is 0 Å². The third-order valence-electron chi connectivity index (χ3n) is 7.34. The molecule has 2 aliphatic carbocycles. The molecule has 0 aliphatic heterocycles. The Labute approximate surface area is 178 Å². The first-order chi connectivity index (χ1) is 14.0. The van der Waals surface area contributed by atoms with Crippen molar-refractivity contribution in [2.45, 2.75) is 83.3 Å². The van der Waals surface area contributed by atoms with E-state index in [1.54, 1.807) is 6.07 Å². The molecule has 158 valence electrons. The van der Waals surface area contributed by atoms with Crippen LogP contribution in [0.4, 0.5) is 0 Å². The normalized spacial score (nSPS) is 26.9. The SMILES string of the molecule is [C-]#[N+][C@@H]1CC[C@H](CCCc2ccc(C(=O)O)s2)C1C=CCC(O)C1(CC)CCC1. The van der Waals surface area contributed by atoms with Gasteiger partial charge in [-0.2, -0.15) is 0 Å². The van der Waals surface area contributed by atoms with Crippen molar-refractivity contribution in [3.63, 3.8) is 0 Å². The third kappa shape index (κ3) is 5.10. The summed E-state index contributed by atoms with van der Waals surface area (Å²) in [5, 5.41) is 19.7. The van der Waals surface area contributed by atoms with E-state index < -0.39 is 5.97 Å². The van der Waals surface area contributed by atoms with Crippen LogP contribution in [0.2, 0.25) is 0 Å². The number of rotatable bonds is 10. The first kappa shape index (κ1) is 22.1. The molecular weight excluding hydrogens is 382 g/mol. The number of thiophene rings is 1. The zero-order valence-electron chi connectivity index (χ0n) is 17.3. The molecule has 1 heterocycles. The molecule has 2 fully saturated rings. The molecule has 1 aromatic heterocycles. The lowest BCUT2D eigenvalue weighted by atomic mass is 9.63. The Hall–Kier alpha value is -1.64. The van der Waals surface area contributed by atoms with Crippen LogP contribution in [0, 0.1) is 23.8 Å². The van der Waals surface area contributed by atoms with E-state index in [-0.39, 0.29) is 23.5 Å². The Balaban J connectivity index is 1.51. The number of hydrogen-bond acceptors (Lipinski definition) is 3. The number of carboxylic acid groups (broad SMARTS) is 1. The highest BCUT2D eigenvalue weighted by molar-refractivity contribution is 7.13. The van der Waals surface area contributed by atoms with Crippen molar-refractivity contribution in [2.75, 3.05) is 0 Å². The fraction of sp³-hybridized carbons (Fsp3) is 0.667. The summed E-state index contributed by atoms with van der Waals surface area (Å²) in [6.07, 6.45) is 14.4. The zero-order valence-corrected chi connectivity index (χ0v) is 18.2. The van der Waals surface area contributed by atoms with Crippen LogP contribution in [-0.4, -0.2) is 28.3 Å². The molecule has 0 aromatic carbocycles. The molecule has 4 nitrogen and oxygen atoms in total. The summed E-state index contributed by atoms with van der Waals surface area (Å²) in [7, 11) is 0. The van der Waals surface area contributed by atoms with Crippen molar-refractivity contribution in [3.8, 4) is 0 Å². The Bertz CT molecular complexity index is 753. The molecule has 4 atom stereocenters. The van der Waals surface area contributed by atoms with E-state index in [9.17, 15) is 9.90 Å². The minimum absolute atomic E-state index is 0.0672. The number of aromatic carboxylic acids is 1. The Kier molecular flexibility index (Phi) is 7.54. The quantitative estimate of drug-likeness (QED) is 0.365. The van der Waals surface area contributed by atoms with Gasteiger partial charge in [-0.15, -0.1) is 11.3 Å². The predicted octanol–water partition coefficient (Wildman–Crippen LogP) is 5.97. The molecule has 5 heteroatoms. The van der Waals surface area contributed by atoms with E-state index in [2.05, 4.69) is 23.9 Å². The number of carboxylic acids is 1. The fourth-order valence-corrected chi connectivity index (χ4v) is 6.08. The van der Waals surface area contributed by atoms with Gasteiger partial charge in [0.15, 0.2) is 0 Å².